The lowest BCUT2D eigenvalue weighted by Crippen LogP contribution is -2.36. The van der Waals surface area contributed by atoms with Crippen LogP contribution in [0, 0.1) is 11.8 Å². The summed E-state index contributed by atoms with van der Waals surface area (Å²) in [4.78, 5) is 0. The lowest BCUT2D eigenvalue weighted by Gasteiger charge is -2.30. The molecule has 0 spiro atoms. The molecule has 1 aliphatic heterocycles. The van der Waals surface area contributed by atoms with Crippen LogP contribution < -0.4 is 5.32 Å². The summed E-state index contributed by atoms with van der Waals surface area (Å²) in [6.07, 6.45) is 3.33. The molecule has 5 atom stereocenters. The Bertz CT molecular complexity index is 429. The zero-order valence-electron chi connectivity index (χ0n) is 13.1. The third kappa shape index (κ3) is 2.87. The zero-order valence-corrected chi connectivity index (χ0v) is 13.8. The molecule has 2 heterocycles. The van der Waals surface area contributed by atoms with E-state index in [0.29, 0.717) is 11.8 Å². The van der Waals surface area contributed by atoms with Crippen molar-refractivity contribution >= 4 is 11.6 Å². The predicted molar refractivity (Wildman–Crippen MR) is 81.9 cm³/mol. The molecule has 1 saturated heterocycles. The molecule has 114 valence electrons. The second-order valence-electron chi connectivity index (χ2n) is 5.92. The first-order valence-electron chi connectivity index (χ1n) is 7.53. The normalized spacial score (nSPS) is 31.7. The van der Waals surface area contributed by atoms with Gasteiger partial charge < -0.3 is 10.1 Å². The second-order valence-corrected chi connectivity index (χ2v) is 6.32. The maximum absolute atomic E-state index is 6.36. The van der Waals surface area contributed by atoms with Crippen LogP contribution in [0.4, 0.5) is 0 Å². The number of aromatic nitrogens is 2. The number of halogens is 1. The molecular formula is C15H26ClN3O. The van der Waals surface area contributed by atoms with Crippen molar-refractivity contribution in [1.82, 2.24) is 15.1 Å². The minimum atomic E-state index is 0.185. The molecule has 1 aliphatic rings. The van der Waals surface area contributed by atoms with E-state index in [2.05, 4.69) is 38.1 Å². The highest BCUT2D eigenvalue weighted by Gasteiger charge is 2.43. The van der Waals surface area contributed by atoms with Gasteiger partial charge in [-0.15, -0.1) is 0 Å². The molecule has 5 heteroatoms. The molecule has 1 fully saturated rings. The van der Waals surface area contributed by atoms with Gasteiger partial charge in [0, 0.05) is 13.0 Å². The summed E-state index contributed by atoms with van der Waals surface area (Å²) in [5.74, 6) is 0.898. The molecule has 4 nitrogen and oxygen atoms in total. The van der Waals surface area contributed by atoms with Crippen molar-refractivity contribution < 1.29 is 4.74 Å². The van der Waals surface area contributed by atoms with Gasteiger partial charge in [-0.1, -0.05) is 25.4 Å². The first kappa shape index (κ1) is 15.8. The number of ether oxygens (including phenoxy) is 1. The van der Waals surface area contributed by atoms with Crippen molar-refractivity contribution in [3.05, 3.63) is 16.9 Å². The van der Waals surface area contributed by atoms with E-state index in [4.69, 9.17) is 16.3 Å². The molecule has 5 unspecified atom stereocenters. The Kier molecular flexibility index (Phi) is 5.10. The highest BCUT2D eigenvalue weighted by Crippen LogP contribution is 2.42. The largest absolute Gasteiger partial charge is 0.375 e. The third-order valence-corrected chi connectivity index (χ3v) is 4.84. The molecule has 0 radical (unpaired) electrons. The van der Waals surface area contributed by atoms with Gasteiger partial charge in [-0.2, -0.15) is 5.10 Å². The molecule has 1 aromatic heterocycles. The lowest BCUT2D eigenvalue weighted by atomic mass is 9.82. The van der Waals surface area contributed by atoms with E-state index in [9.17, 15) is 0 Å². The van der Waals surface area contributed by atoms with Gasteiger partial charge in [-0.05, 0) is 32.7 Å². The van der Waals surface area contributed by atoms with Gasteiger partial charge in [0.2, 0.25) is 0 Å². The van der Waals surface area contributed by atoms with Crippen molar-refractivity contribution in [2.24, 2.45) is 18.9 Å². The summed E-state index contributed by atoms with van der Waals surface area (Å²) in [7, 11) is 1.95. The van der Waals surface area contributed by atoms with Gasteiger partial charge >= 0.3 is 0 Å². The summed E-state index contributed by atoms with van der Waals surface area (Å²) < 4.78 is 7.90. The quantitative estimate of drug-likeness (QED) is 0.907. The number of hydrogen-bond acceptors (Lipinski definition) is 3. The van der Waals surface area contributed by atoms with Crippen LogP contribution in [0.1, 0.15) is 45.9 Å². The maximum atomic E-state index is 6.36. The molecular weight excluding hydrogens is 274 g/mol. The van der Waals surface area contributed by atoms with Crippen molar-refractivity contribution in [3.8, 4) is 0 Å². The number of aryl methyl sites for hydroxylation is 1. The summed E-state index contributed by atoms with van der Waals surface area (Å²) in [5.41, 5.74) is 1.07. The molecule has 0 aliphatic carbocycles. The Hall–Kier alpha value is -0.580. The summed E-state index contributed by atoms with van der Waals surface area (Å²) in [6, 6.07) is 0.185. The van der Waals surface area contributed by atoms with Crippen LogP contribution in [0.15, 0.2) is 6.20 Å². The Morgan fingerprint density at radius 1 is 1.40 bits per heavy atom. The van der Waals surface area contributed by atoms with Crippen LogP contribution in [0.5, 0.6) is 0 Å². The van der Waals surface area contributed by atoms with Gasteiger partial charge in [0.05, 0.1) is 35.2 Å². The van der Waals surface area contributed by atoms with Gasteiger partial charge in [0.25, 0.3) is 0 Å². The van der Waals surface area contributed by atoms with Gasteiger partial charge in [-0.3, -0.25) is 4.68 Å². The monoisotopic (exact) mass is 299 g/mol. The van der Waals surface area contributed by atoms with Crippen molar-refractivity contribution in [1.29, 1.82) is 0 Å². The fourth-order valence-electron chi connectivity index (χ4n) is 3.35. The van der Waals surface area contributed by atoms with Gasteiger partial charge in [0.15, 0.2) is 0 Å². The number of nitrogens with zero attached hydrogens (tertiary/aromatic N) is 2. The minimum absolute atomic E-state index is 0.185. The second kappa shape index (κ2) is 6.46. The van der Waals surface area contributed by atoms with Crippen LogP contribution >= 0.6 is 11.6 Å². The van der Waals surface area contributed by atoms with E-state index >= 15 is 0 Å². The van der Waals surface area contributed by atoms with E-state index in [-0.39, 0.29) is 18.2 Å². The highest BCUT2D eigenvalue weighted by atomic mass is 35.5. The number of nitrogens with one attached hydrogen (secondary N) is 1. The van der Waals surface area contributed by atoms with E-state index in [0.717, 1.165) is 23.7 Å². The van der Waals surface area contributed by atoms with Crippen LogP contribution in [-0.4, -0.2) is 28.5 Å². The van der Waals surface area contributed by atoms with Crippen LogP contribution in [0.3, 0.4) is 0 Å². The van der Waals surface area contributed by atoms with Crippen molar-refractivity contribution in [2.45, 2.75) is 52.4 Å². The summed E-state index contributed by atoms with van der Waals surface area (Å²) in [5, 5.41) is 8.68. The molecule has 1 N–H and O–H groups in total. The number of rotatable bonds is 5. The smallest absolute Gasteiger partial charge is 0.0834 e. The van der Waals surface area contributed by atoms with E-state index in [1.54, 1.807) is 6.20 Å². The van der Waals surface area contributed by atoms with Crippen molar-refractivity contribution in [2.75, 3.05) is 6.54 Å². The lowest BCUT2D eigenvalue weighted by molar-refractivity contribution is 0.0472. The molecule has 0 amide bonds. The van der Waals surface area contributed by atoms with Crippen molar-refractivity contribution in [3.63, 3.8) is 0 Å². The van der Waals surface area contributed by atoms with Crippen LogP contribution in [0.2, 0.25) is 5.02 Å². The first-order chi connectivity index (χ1) is 9.47. The first-order valence-corrected chi connectivity index (χ1v) is 7.91. The Balaban J connectivity index is 2.33. The molecule has 20 heavy (non-hydrogen) atoms. The van der Waals surface area contributed by atoms with Gasteiger partial charge in [0.1, 0.15) is 0 Å². The Morgan fingerprint density at radius 3 is 2.55 bits per heavy atom. The molecule has 0 bridgehead atoms. The van der Waals surface area contributed by atoms with E-state index < -0.39 is 0 Å². The summed E-state index contributed by atoms with van der Waals surface area (Å²) >= 11 is 6.36. The minimum Gasteiger partial charge on any atom is -0.375 e. The van der Waals surface area contributed by atoms with Crippen LogP contribution in [-0.2, 0) is 11.8 Å². The molecule has 2 rings (SSSR count). The standard InChI is InChI=1S/C15H26ClN3O/c1-6-7-17-14(15-12(16)8-18-19(15)5)13-9(2)10(3)20-11(13)4/h8-11,13-14,17H,6-7H2,1-5H3. The van der Waals surface area contributed by atoms with Crippen LogP contribution in [0.25, 0.3) is 0 Å². The average molecular weight is 300 g/mol. The predicted octanol–water partition coefficient (Wildman–Crippen LogP) is 3.17. The fourth-order valence-corrected chi connectivity index (χ4v) is 3.64. The summed E-state index contributed by atoms with van der Waals surface area (Å²) in [6.45, 7) is 9.73. The topological polar surface area (TPSA) is 39.1 Å². The molecule has 0 aromatic carbocycles. The third-order valence-electron chi connectivity index (χ3n) is 4.55. The Labute approximate surface area is 126 Å². The zero-order chi connectivity index (χ0) is 14.9. The van der Waals surface area contributed by atoms with Gasteiger partial charge in [-0.25, -0.2) is 0 Å². The fraction of sp³-hybridized carbons (Fsp3) is 0.800. The molecule has 0 saturated carbocycles. The maximum Gasteiger partial charge on any atom is 0.0834 e. The van der Waals surface area contributed by atoms with E-state index in [1.807, 2.05) is 11.7 Å². The SMILES string of the molecule is CCCNC(c1c(Cl)cnn1C)C1C(C)OC(C)C1C. The number of hydrogen-bond donors (Lipinski definition) is 1. The molecule has 1 aromatic rings. The van der Waals surface area contributed by atoms with E-state index in [1.165, 1.54) is 0 Å². The average Bonchev–Trinajstić information content (AvgIpc) is 2.85. The Morgan fingerprint density at radius 2 is 2.10 bits per heavy atom. The highest BCUT2D eigenvalue weighted by molar-refractivity contribution is 6.31.